The highest BCUT2D eigenvalue weighted by Crippen LogP contribution is 2.26. The molecule has 0 aliphatic heterocycles. The molecule has 0 radical (unpaired) electrons. The number of rotatable bonds is 14. The molecule has 45 heavy (non-hydrogen) atoms. The van der Waals surface area contributed by atoms with Crippen LogP contribution in [0.4, 0.5) is 5.69 Å². The highest BCUT2D eigenvalue weighted by atomic mass is 32.2. The summed E-state index contributed by atoms with van der Waals surface area (Å²) in [5.41, 5.74) is 3.06. The fraction of sp³-hybridized carbons (Fsp3) is 0.278. The van der Waals surface area contributed by atoms with Crippen LogP contribution in [0.25, 0.3) is 0 Å². The van der Waals surface area contributed by atoms with Crippen LogP contribution in [0.5, 0.6) is 5.75 Å². The normalized spacial score (nSPS) is 12.5. The summed E-state index contributed by atoms with van der Waals surface area (Å²) in [5.74, 6) is -0.284. The van der Waals surface area contributed by atoms with E-state index >= 15 is 0 Å². The largest absolute Gasteiger partial charge is 0.497 e. The molecule has 0 bridgehead atoms. The fourth-order valence-corrected chi connectivity index (χ4v) is 6.41. The standard InChI is InChI=1S/C36H41N3O5S/c1-5-28(3)37-36(41)34(24-29-14-8-6-9-15-29)38(25-30-16-12-13-27(2)23-30)35(40)26-39(31-17-10-7-11-18-31)45(42,43)33-21-19-32(44-4)20-22-33/h6-23,28,34H,5,24-26H2,1-4H3,(H,37,41). The molecule has 236 valence electrons. The van der Waals surface area contributed by atoms with Gasteiger partial charge in [0.2, 0.25) is 11.8 Å². The number of benzene rings is 4. The molecule has 0 saturated carbocycles. The molecule has 1 N–H and O–H groups in total. The average Bonchev–Trinajstić information content (AvgIpc) is 3.05. The Morgan fingerprint density at radius 1 is 0.844 bits per heavy atom. The van der Waals surface area contributed by atoms with Crippen LogP contribution in [0.15, 0.2) is 114 Å². The van der Waals surface area contributed by atoms with Gasteiger partial charge in [0.15, 0.2) is 0 Å². The molecule has 0 fully saturated rings. The second kappa shape index (κ2) is 15.4. The lowest BCUT2D eigenvalue weighted by molar-refractivity contribution is -0.140. The maximum Gasteiger partial charge on any atom is 0.264 e. The number of nitrogens with zero attached hydrogens (tertiary/aromatic N) is 2. The lowest BCUT2D eigenvalue weighted by Crippen LogP contribution is -2.54. The maximum atomic E-state index is 14.5. The summed E-state index contributed by atoms with van der Waals surface area (Å²) >= 11 is 0. The number of aryl methyl sites for hydroxylation is 1. The van der Waals surface area contributed by atoms with Gasteiger partial charge in [0.05, 0.1) is 17.7 Å². The quantitative estimate of drug-likeness (QED) is 0.192. The molecule has 4 aromatic rings. The molecule has 0 aliphatic rings. The molecule has 2 amide bonds. The molecule has 2 atom stereocenters. The second-order valence-corrected chi connectivity index (χ2v) is 12.9. The summed E-state index contributed by atoms with van der Waals surface area (Å²) in [5, 5.41) is 3.06. The molecule has 0 aliphatic carbocycles. The summed E-state index contributed by atoms with van der Waals surface area (Å²) in [6.45, 7) is 5.48. The summed E-state index contributed by atoms with van der Waals surface area (Å²) in [6, 6.07) is 30.8. The number of ether oxygens (including phenoxy) is 1. The van der Waals surface area contributed by atoms with Crippen molar-refractivity contribution in [2.24, 2.45) is 0 Å². The first kappa shape index (κ1) is 33.3. The van der Waals surface area contributed by atoms with Crippen LogP contribution < -0.4 is 14.4 Å². The minimum Gasteiger partial charge on any atom is -0.497 e. The van der Waals surface area contributed by atoms with E-state index in [0.29, 0.717) is 11.4 Å². The summed E-state index contributed by atoms with van der Waals surface area (Å²) in [7, 11) is -2.68. The number of para-hydroxylation sites is 1. The van der Waals surface area contributed by atoms with E-state index in [1.807, 2.05) is 75.4 Å². The van der Waals surface area contributed by atoms with E-state index < -0.39 is 28.5 Å². The number of nitrogens with one attached hydrogen (secondary N) is 1. The van der Waals surface area contributed by atoms with Gasteiger partial charge in [-0.05, 0) is 67.8 Å². The average molecular weight is 628 g/mol. The first-order valence-electron chi connectivity index (χ1n) is 15.0. The van der Waals surface area contributed by atoms with Crippen LogP contribution in [0.2, 0.25) is 0 Å². The van der Waals surface area contributed by atoms with Crippen molar-refractivity contribution in [1.29, 1.82) is 0 Å². The minimum atomic E-state index is -4.19. The molecule has 2 unspecified atom stereocenters. The number of carbonyl (C=O) groups is 2. The first-order valence-corrected chi connectivity index (χ1v) is 16.5. The Balaban J connectivity index is 1.79. The summed E-state index contributed by atoms with van der Waals surface area (Å²) in [4.78, 5) is 29.9. The molecule has 4 aromatic carbocycles. The number of anilines is 1. The molecule has 8 nitrogen and oxygen atoms in total. The molecule has 0 aromatic heterocycles. The zero-order valence-corrected chi connectivity index (χ0v) is 27.0. The van der Waals surface area contributed by atoms with Crippen LogP contribution in [0.1, 0.15) is 37.0 Å². The van der Waals surface area contributed by atoms with Gasteiger partial charge in [-0.3, -0.25) is 13.9 Å². The van der Waals surface area contributed by atoms with Crippen LogP contribution in [-0.2, 0) is 32.6 Å². The number of carbonyl (C=O) groups excluding carboxylic acids is 2. The Labute approximate surface area is 266 Å². The van der Waals surface area contributed by atoms with Crippen LogP contribution in [0, 0.1) is 6.92 Å². The van der Waals surface area contributed by atoms with Crippen molar-refractivity contribution < 1.29 is 22.7 Å². The van der Waals surface area contributed by atoms with Crippen LogP contribution in [-0.4, -0.2) is 50.9 Å². The number of hydrogen-bond donors (Lipinski definition) is 1. The van der Waals surface area contributed by atoms with Crippen LogP contribution >= 0.6 is 0 Å². The zero-order valence-electron chi connectivity index (χ0n) is 26.2. The third-order valence-electron chi connectivity index (χ3n) is 7.68. The van der Waals surface area contributed by atoms with E-state index in [1.54, 1.807) is 42.5 Å². The van der Waals surface area contributed by atoms with E-state index in [0.717, 1.165) is 27.4 Å². The number of amides is 2. The Bertz CT molecular complexity index is 1660. The number of hydrogen-bond acceptors (Lipinski definition) is 5. The number of sulfonamides is 1. The molecule has 4 rings (SSSR count). The molecule has 9 heteroatoms. The van der Waals surface area contributed by atoms with Crippen molar-refractivity contribution in [3.8, 4) is 5.75 Å². The monoisotopic (exact) mass is 627 g/mol. The second-order valence-electron chi connectivity index (χ2n) is 11.1. The van der Waals surface area contributed by atoms with Gasteiger partial charge < -0.3 is 15.0 Å². The molecule has 0 spiro atoms. The van der Waals surface area contributed by atoms with E-state index in [2.05, 4.69) is 5.32 Å². The van der Waals surface area contributed by atoms with Crippen molar-refractivity contribution in [3.63, 3.8) is 0 Å². The smallest absolute Gasteiger partial charge is 0.264 e. The minimum absolute atomic E-state index is 0.0144. The maximum absolute atomic E-state index is 14.5. The van der Waals surface area contributed by atoms with Gasteiger partial charge in [-0.25, -0.2) is 8.42 Å². The van der Waals surface area contributed by atoms with E-state index in [4.69, 9.17) is 4.74 Å². The van der Waals surface area contributed by atoms with Crippen molar-refractivity contribution in [1.82, 2.24) is 10.2 Å². The van der Waals surface area contributed by atoms with Crippen LogP contribution in [0.3, 0.4) is 0 Å². The molecular formula is C36H41N3O5S. The van der Waals surface area contributed by atoms with E-state index in [9.17, 15) is 18.0 Å². The fourth-order valence-electron chi connectivity index (χ4n) is 5.00. The zero-order chi connectivity index (χ0) is 32.4. The Morgan fingerprint density at radius 3 is 2.07 bits per heavy atom. The van der Waals surface area contributed by atoms with Gasteiger partial charge in [-0.2, -0.15) is 0 Å². The van der Waals surface area contributed by atoms with Crippen molar-refractivity contribution in [3.05, 3.63) is 126 Å². The van der Waals surface area contributed by atoms with Crippen molar-refractivity contribution >= 4 is 27.5 Å². The third kappa shape index (κ3) is 8.73. The van der Waals surface area contributed by atoms with Crippen molar-refractivity contribution in [2.45, 2.75) is 57.1 Å². The van der Waals surface area contributed by atoms with E-state index in [-0.39, 0.29) is 29.8 Å². The summed E-state index contributed by atoms with van der Waals surface area (Å²) in [6.07, 6.45) is 0.981. The predicted octanol–water partition coefficient (Wildman–Crippen LogP) is 5.75. The van der Waals surface area contributed by atoms with E-state index in [1.165, 1.54) is 24.1 Å². The first-order chi connectivity index (χ1) is 21.6. The molecular weight excluding hydrogens is 586 g/mol. The SMILES string of the molecule is CCC(C)NC(=O)C(Cc1ccccc1)N(Cc1cccc(C)c1)C(=O)CN(c1ccccc1)S(=O)(=O)c1ccc(OC)cc1. The van der Waals surface area contributed by atoms with Gasteiger partial charge in [0.25, 0.3) is 10.0 Å². The predicted molar refractivity (Wildman–Crippen MR) is 178 cm³/mol. The van der Waals surface area contributed by atoms with Gasteiger partial charge in [-0.15, -0.1) is 0 Å². The van der Waals surface area contributed by atoms with Gasteiger partial charge in [0, 0.05) is 19.0 Å². The highest BCUT2D eigenvalue weighted by Gasteiger charge is 2.35. The van der Waals surface area contributed by atoms with Gasteiger partial charge in [-0.1, -0.05) is 85.3 Å². The lowest BCUT2D eigenvalue weighted by atomic mass is 10.0. The Morgan fingerprint density at radius 2 is 1.47 bits per heavy atom. The van der Waals surface area contributed by atoms with Gasteiger partial charge >= 0.3 is 0 Å². The van der Waals surface area contributed by atoms with Gasteiger partial charge in [0.1, 0.15) is 18.3 Å². The topological polar surface area (TPSA) is 96.0 Å². The molecule has 0 heterocycles. The Hall–Kier alpha value is -4.63. The Kier molecular flexibility index (Phi) is 11.4. The van der Waals surface area contributed by atoms with Crippen molar-refractivity contribution in [2.75, 3.05) is 18.0 Å². The molecule has 0 saturated heterocycles. The third-order valence-corrected chi connectivity index (χ3v) is 9.47. The summed E-state index contributed by atoms with van der Waals surface area (Å²) < 4.78 is 34.5. The highest BCUT2D eigenvalue weighted by molar-refractivity contribution is 7.92. The lowest BCUT2D eigenvalue weighted by Gasteiger charge is -2.34. The number of methoxy groups -OCH3 is 1.